The number of aromatic nitrogens is 1. The molecule has 0 atom stereocenters. The molecule has 4 aromatic rings. The van der Waals surface area contributed by atoms with E-state index in [1.807, 2.05) is 49.4 Å². The van der Waals surface area contributed by atoms with Crippen LogP contribution in [-0.4, -0.2) is 23.7 Å². The Morgan fingerprint density at radius 3 is 2.59 bits per heavy atom. The first-order valence-electron chi connectivity index (χ1n) is 9.83. The lowest BCUT2D eigenvalue weighted by atomic mass is 10.1. The highest BCUT2D eigenvalue weighted by Gasteiger charge is 2.11. The summed E-state index contributed by atoms with van der Waals surface area (Å²) in [6.45, 7) is 8.13. The van der Waals surface area contributed by atoms with Crippen molar-refractivity contribution < 1.29 is 9.53 Å². The highest BCUT2D eigenvalue weighted by atomic mass is 32.1. The predicted octanol–water partition coefficient (Wildman–Crippen LogP) is 5.25. The molecule has 4 rings (SSSR count). The fourth-order valence-electron chi connectivity index (χ4n) is 3.40. The number of nitrogens with zero attached hydrogens (tertiary/aromatic N) is 2. The smallest absolute Gasteiger partial charge is 0.279 e. The van der Waals surface area contributed by atoms with Crippen molar-refractivity contribution in [3.05, 3.63) is 76.1 Å². The molecule has 0 spiro atoms. The van der Waals surface area contributed by atoms with E-state index < -0.39 is 0 Å². The van der Waals surface area contributed by atoms with Gasteiger partial charge in [-0.15, -0.1) is 0 Å². The third-order valence-electron chi connectivity index (χ3n) is 5.16. The van der Waals surface area contributed by atoms with Crippen molar-refractivity contribution in [3.8, 4) is 0 Å². The summed E-state index contributed by atoms with van der Waals surface area (Å²) in [6, 6.07) is 18.1. The van der Waals surface area contributed by atoms with Crippen LogP contribution in [0.4, 0.5) is 0 Å². The molecule has 0 fully saturated rings. The first-order valence-corrected chi connectivity index (χ1v) is 10.6. The molecule has 0 saturated heterocycles. The highest BCUT2D eigenvalue weighted by molar-refractivity contribution is 7.16. The molecule has 0 saturated carbocycles. The molecule has 3 aromatic carbocycles. The molecule has 148 valence electrons. The fourth-order valence-corrected chi connectivity index (χ4v) is 4.53. The average molecular weight is 405 g/mol. The van der Waals surface area contributed by atoms with Gasteiger partial charge >= 0.3 is 0 Å². The van der Waals surface area contributed by atoms with Crippen molar-refractivity contribution in [2.45, 2.75) is 27.3 Å². The number of fused-ring (bicyclic) bond motifs is 2. The molecule has 1 aromatic heterocycles. The Bertz CT molecular complexity index is 1270. The van der Waals surface area contributed by atoms with Crippen molar-refractivity contribution >= 4 is 38.2 Å². The third-order valence-corrected chi connectivity index (χ3v) is 6.20. The Labute approximate surface area is 174 Å². The Morgan fingerprint density at radius 2 is 1.79 bits per heavy atom. The third kappa shape index (κ3) is 4.02. The standard InChI is InChI=1S/C24H24N2O2S/c1-4-28-12-11-26-21-13-16(2)17(3)14-22(21)29-24(26)25-23(27)20-10-9-18-7-5-6-8-19(18)15-20/h5-10,13-15H,4,11-12H2,1-3H3. The number of hydrogen-bond donors (Lipinski definition) is 0. The maximum Gasteiger partial charge on any atom is 0.279 e. The number of carbonyl (C=O) groups excluding carboxylic acids is 1. The number of amides is 1. The summed E-state index contributed by atoms with van der Waals surface area (Å²) in [5.74, 6) is -0.221. The number of ether oxygens (including phenoxy) is 1. The summed E-state index contributed by atoms with van der Waals surface area (Å²) >= 11 is 1.55. The lowest BCUT2D eigenvalue weighted by Gasteiger charge is -2.07. The maximum atomic E-state index is 12.9. The minimum absolute atomic E-state index is 0.221. The normalized spacial score (nSPS) is 12.2. The lowest BCUT2D eigenvalue weighted by Crippen LogP contribution is -2.19. The average Bonchev–Trinajstić information content (AvgIpc) is 3.04. The van der Waals surface area contributed by atoms with E-state index in [0.717, 1.165) is 21.0 Å². The molecule has 1 amide bonds. The van der Waals surface area contributed by atoms with E-state index in [4.69, 9.17) is 4.74 Å². The molecule has 4 nitrogen and oxygen atoms in total. The van der Waals surface area contributed by atoms with Crippen LogP contribution in [0.15, 0.2) is 59.6 Å². The van der Waals surface area contributed by atoms with Crippen LogP contribution in [0.1, 0.15) is 28.4 Å². The van der Waals surface area contributed by atoms with Crippen molar-refractivity contribution in [1.29, 1.82) is 0 Å². The molecule has 5 heteroatoms. The Kier molecular flexibility index (Phi) is 5.60. The van der Waals surface area contributed by atoms with Crippen molar-refractivity contribution in [2.75, 3.05) is 13.2 Å². The summed E-state index contributed by atoms with van der Waals surface area (Å²) in [6.07, 6.45) is 0. The van der Waals surface area contributed by atoms with Crippen molar-refractivity contribution in [1.82, 2.24) is 4.57 Å². The SMILES string of the molecule is CCOCCn1c(=NC(=O)c2ccc3ccccc3c2)sc2cc(C)c(C)cc21. The monoisotopic (exact) mass is 404 g/mol. The number of carbonyl (C=O) groups is 1. The van der Waals surface area contributed by atoms with Gasteiger partial charge < -0.3 is 9.30 Å². The molecule has 0 unspecified atom stereocenters. The van der Waals surface area contributed by atoms with Crippen LogP contribution in [0.2, 0.25) is 0 Å². The van der Waals surface area contributed by atoms with E-state index in [0.29, 0.717) is 30.1 Å². The molecule has 0 aliphatic carbocycles. The van der Waals surface area contributed by atoms with Gasteiger partial charge in [0.1, 0.15) is 0 Å². The molecule has 29 heavy (non-hydrogen) atoms. The van der Waals surface area contributed by atoms with Gasteiger partial charge in [0.2, 0.25) is 0 Å². The topological polar surface area (TPSA) is 43.6 Å². The Morgan fingerprint density at radius 1 is 1.03 bits per heavy atom. The van der Waals surface area contributed by atoms with Crippen LogP contribution >= 0.6 is 11.3 Å². The molecule has 0 aliphatic heterocycles. The van der Waals surface area contributed by atoms with Gasteiger partial charge in [0.15, 0.2) is 4.80 Å². The fraction of sp³-hybridized carbons (Fsp3) is 0.250. The second-order valence-electron chi connectivity index (χ2n) is 7.12. The van der Waals surface area contributed by atoms with Gasteiger partial charge in [-0.25, -0.2) is 0 Å². The number of rotatable bonds is 5. The maximum absolute atomic E-state index is 12.9. The van der Waals surface area contributed by atoms with Crippen LogP contribution in [0.3, 0.4) is 0 Å². The van der Waals surface area contributed by atoms with E-state index >= 15 is 0 Å². The van der Waals surface area contributed by atoms with E-state index in [-0.39, 0.29) is 5.91 Å². The Balaban J connectivity index is 1.80. The zero-order valence-corrected chi connectivity index (χ0v) is 17.8. The van der Waals surface area contributed by atoms with Gasteiger partial charge in [-0.3, -0.25) is 4.79 Å². The van der Waals surface area contributed by atoms with Gasteiger partial charge in [0, 0.05) is 18.7 Å². The van der Waals surface area contributed by atoms with Crippen molar-refractivity contribution in [2.24, 2.45) is 4.99 Å². The number of aryl methyl sites for hydroxylation is 2. The van der Waals surface area contributed by atoms with Gasteiger partial charge in [-0.05, 0) is 66.9 Å². The van der Waals surface area contributed by atoms with E-state index in [1.54, 1.807) is 11.3 Å². The summed E-state index contributed by atoms with van der Waals surface area (Å²) in [4.78, 5) is 18.2. The van der Waals surface area contributed by atoms with Gasteiger partial charge in [-0.1, -0.05) is 41.7 Å². The zero-order valence-electron chi connectivity index (χ0n) is 16.9. The summed E-state index contributed by atoms with van der Waals surface area (Å²) in [7, 11) is 0. The van der Waals surface area contributed by atoms with Crippen LogP contribution in [0.5, 0.6) is 0 Å². The van der Waals surface area contributed by atoms with Crippen LogP contribution in [0, 0.1) is 13.8 Å². The molecule has 1 heterocycles. The molecular weight excluding hydrogens is 380 g/mol. The lowest BCUT2D eigenvalue weighted by molar-refractivity contribution is 0.0997. The molecule has 0 N–H and O–H groups in total. The first-order chi connectivity index (χ1) is 14.1. The van der Waals surface area contributed by atoms with Gasteiger partial charge in [0.05, 0.1) is 16.8 Å². The Hall–Kier alpha value is -2.76. The molecule has 0 bridgehead atoms. The number of benzene rings is 3. The minimum atomic E-state index is -0.221. The molecular formula is C24H24N2O2S. The van der Waals surface area contributed by atoms with Gasteiger partial charge in [0.25, 0.3) is 5.91 Å². The summed E-state index contributed by atoms with van der Waals surface area (Å²) < 4.78 is 8.79. The number of hydrogen-bond acceptors (Lipinski definition) is 3. The second kappa shape index (κ2) is 8.31. The highest BCUT2D eigenvalue weighted by Crippen LogP contribution is 2.22. The van der Waals surface area contributed by atoms with E-state index in [9.17, 15) is 4.79 Å². The van der Waals surface area contributed by atoms with Gasteiger partial charge in [-0.2, -0.15) is 4.99 Å². The van der Waals surface area contributed by atoms with E-state index in [2.05, 4.69) is 35.5 Å². The van der Waals surface area contributed by atoms with Crippen LogP contribution in [0.25, 0.3) is 21.0 Å². The predicted molar refractivity (Wildman–Crippen MR) is 120 cm³/mol. The summed E-state index contributed by atoms with van der Waals surface area (Å²) in [5, 5.41) is 2.16. The summed E-state index contributed by atoms with van der Waals surface area (Å²) in [5.41, 5.74) is 4.17. The van der Waals surface area contributed by atoms with E-state index in [1.165, 1.54) is 11.1 Å². The van der Waals surface area contributed by atoms with Crippen molar-refractivity contribution in [3.63, 3.8) is 0 Å². The molecule has 0 aliphatic rings. The largest absolute Gasteiger partial charge is 0.380 e. The minimum Gasteiger partial charge on any atom is -0.380 e. The first kappa shape index (κ1) is 19.6. The number of thiazole rings is 1. The molecule has 0 radical (unpaired) electrons. The van der Waals surface area contributed by atoms with Crippen LogP contribution in [-0.2, 0) is 11.3 Å². The second-order valence-corrected chi connectivity index (χ2v) is 8.13. The quantitative estimate of drug-likeness (QED) is 0.426. The zero-order chi connectivity index (χ0) is 20.4. The van der Waals surface area contributed by atoms with Crippen LogP contribution < -0.4 is 4.80 Å².